The number of hydrogen-bond donors (Lipinski definition) is 2. The quantitative estimate of drug-likeness (QED) is 0.192. The summed E-state index contributed by atoms with van der Waals surface area (Å²) in [5.41, 5.74) is 6.01. The zero-order valence-corrected chi connectivity index (χ0v) is 26.7. The number of nitrogens with one attached hydrogen (secondary N) is 2. The Labute approximate surface area is 271 Å². The second-order valence-corrected chi connectivity index (χ2v) is 12.2. The van der Waals surface area contributed by atoms with E-state index in [9.17, 15) is 18.0 Å². The number of nitrogens with zero attached hydrogens (tertiary/aromatic N) is 5. The Hall–Kier alpha value is -4.87. The number of fused-ring (bicyclic) bond motifs is 1. The number of piperazine rings is 1. The van der Waals surface area contributed by atoms with Gasteiger partial charge in [-0.3, -0.25) is 14.7 Å². The predicted molar refractivity (Wildman–Crippen MR) is 179 cm³/mol. The smallest absolute Gasteiger partial charge is 0.323 e. The van der Waals surface area contributed by atoms with E-state index in [0.717, 1.165) is 63.7 Å². The fraction of sp³-hybridized carbons (Fsp3) is 0.278. The maximum Gasteiger partial charge on any atom is 0.416 e. The van der Waals surface area contributed by atoms with Crippen LogP contribution in [-0.4, -0.2) is 63.9 Å². The number of anilines is 3. The highest BCUT2D eigenvalue weighted by Crippen LogP contribution is 2.35. The third-order valence-corrected chi connectivity index (χ3v) is 8.51. The highest BCUT2D eigenvalue weighted by Gasteiger charge is 2.34. The van der Waals surface area contributed by atoms with Crippen LogP contribution in [0.2, 0.25) is 0 Å². The molecule has 0 radical (unpaired) electrons. The lowest BCUT2D eigenvalue weighted by atomic mass is 9.96. The lowest BCUT2D eigenvalue weighted by molar-refractivity contribution is -0.138. The van der Waals surface area contributed by atoms with E-state index < -0.39 is 17.6 Å². The van der Waals surface area contributed by atoms with Crippen molar-refractivity contribution < 1.29 is 18.0 Å². The van der Waals surface area contributed by atoms with Crippen molar-refractivity contribution >= 4 is 34.1 Å². The van der Waals surface area contributed by atoms with Crippen molar-refractivity contribution in [2.75, 3.05) is 43.9 Å². The molecule has 8 nitrogen and oxygen atoms in total. The van der Waals surface area contributed by atoms with E-state index in [1.165, 1.54) is 12.1 Å². The van der Waals surface area contributed by atoms with Crippen LogP contribution in [0.25, 0.3) is 22.0 Å². The largest absolute Gasteiger partial charge is 0.416 e. The van der Waals surface area contributed by atoms with Crippen molar-refractivity contribution in [1.29, 1.82) is 0 Å². The van der Waals surface area contributed by atoms with E-state index in [2.05, 4.69) is 25.5 Å². The summed E-state index contributed by atoms with van der Waals surface area (Å²) in [4.78, 5) is 30.9. The van der Waals surface area contributed by atoms with Crippen LogP contribution >= 0.6 is 0 Å². The van der Waals surface area contributed by atoms with Gasteiger partial charge >= 0.3 is 6.18 Å². The van der Waals surface area contributed by atoms with Gasteiger partial charge in [0, 0.05) is 61.3 Å². The van der Waals surface area contributed by atoms with E-state index in [1.54, 1.807) is 18.5 Å². The Morgan fingerprint density at radius 2 is 1.62 bits per heavy atom. The van der Waals surface area contributed by atoms with Crippen molar-refractivity contribution in [2.45, 2.75) is 33.5 Å². The Bertz CT molecular complexity index is 1930. The van der Waals surface area contributed by atoms with Gasteiger partial charge in [0.25, 0.3) is 5.91 Å². The number of carbonyl (C=O) groups excluding carboxylic acids is 1. The van der Waals surface area contributed by atoms with Crippen LogP contribution in [-0.2, 0) is 12.7 Å². The molecule has 11 heteroatoms. The number of hydrogen-bond acceptors (Lipinski definition) is 7. The molecule has 0 aliphatic carbocycles. The average molecular weight is 640 g/mol. The maximum absolute atomic E-state index is 14.1. The summed E-state index contributed by atoms with van der Waals surface area (Å²) in [7, 11) is 2.00. The van der Waals surface area contributed by atoms with Gasteiger partial charge in [-0.2, -0.15) is 13.2 Å². The van der Waals surface area contributed by atoms with E-state index in [-0.39, 0.29) is 17.7 Å². The molecule has 2 N–H and O–H groups in total. The van der Waals surface area contributed by atoms with Crippen molar-refractivity contribution in [3.8, 4) is 11.1 Å². The van der Waals surface area contributed by atoms with Gasteiger partial charge in [-0.1, -0.05) is 12.1 Å². The number of aromatic nitrogens is 3. The summed E-state index contributed by atoms with van der Waals surface area (Å²) >= 11 is 0. The summed E-state index contributed by atoms with van der Waals surface area (Å²) in [6.45, 7) is 9.04. The summed E-state index contributed by atoms with van der Waals surface area (Å²) in [5.74, 6) is -0.149. The molecule has 0 unspecified atom stereocenters. The lowest BCUT2D eigenvalue weighted by Gasteiger charge is -2.33. The van der Waals surface area contributed by atoms with Crippen molar-refractivity contribution in [1.82, 2.24) is 24.8 Å². The molecule has 0 atom stereocenters. The highest BCUT2D eigenvalue weighted by atomic mass is 19.4. The number of likely N-dealkylation sites (N-methyl/N-ethyl adjacent to an activating group) is 1. The summed E-state index contributed by atoms with van der Waals surface area (Å²) < 4.78 is 42.4. The third-order valence-electron chi connectivity index (χ3n) is 8.51. The molecule has 47 heavy (non-hydrogen) atoms. The molecule has 0 bridgehead atoms. The first kappa shape index (κ1) is 32.1. The molecule has 5 aromatic rings. The van der Waals surface area contributed by atoms with Gasteiger partial charge in [0.2, 0.25) is 5.95 Å². The lowest BCUT2D eigenvalue weighted by Crippen LogP contribution is -2.44. The Morgan fingerprint density at radius 1 is 0.851 bits per heavy atom. The number of aryl methyl sites for hydroxylation is 3. The van der Waals surface area contributed by atoms with Crippen LogP contribution in [0, 0.1) is 20.8 Å². The number of carbonyl (C=O) groups is 1. The van der Waals surface area contributed by atoms with Crippen LogP contribution in [0.1, 0.15) is 38.3 Å². The van der Waals surface area contributed by atoms with Crippen LogP contribution in [0.5, 0.6) is 0 Å². The zero-order valence-electron chi connectivity index (χ0n) is 26.7. The van der Waals surface area contributed by atoms with Crippen molar-refractivity contribution in [3.63, 3.8) is 0 Å². The Morgan fingerprint density at radius 3 is 2.34 bits per heavy atom. The predicted octanol–water partition coefficient (Wildman–Crippen LogP) is 7.38. The van der Waals surface area contributed by atoms with E-state index in [4.69, 9.17) is 4.98 Å². The fourth-order valence-corrected chi connectivity index (χ4v) is 5.79. The normalized spacial score (nSPS) is 14.4. The molecule has 6 rings (SSSR count). The molecule has 3 aromatic carbocycles. The number of rotatable bonds is 7. The SMILES string of the molecule is Cc1ccc(Nc2ncc3cc(-c4cc(NC(=O)c5ccc(CN6CCN(C)CC6)c(C(F)(F)F)c5)ccc4C)cc(C)c3n2)cn1. The first-order chi connectivity index (χ1) is 22.4. The third kappa shape index (κ3) is 7.42. The monoisotopic (exact) mass is 639 g/mol. The van der Waals surface area contributed by atoms with E-state index >= 15 is 0 Å². The molecule has 1 amide bonds. The number of amides is 1. The van der Waals surface area contributed by atoms with Crippen molar-refractivity contribution in [3.05, 3.63) is 107 Å². The zero-order chi connectivity index (χ0) is 33.3. The topological polar surface area (TPSA) is 86.3 Å². The highest BCUT2D eigenvalue weighted by molar-refractivity contribution is 6.05. The minimum Gasteiger partial charge on any atom is -0.323 e. The molecule has 242 valence electrons. The molecule has 0 saturated carbocycles. The van der Waals surface area contributed by atoms with Gasteiger partial charge in [-0.25, -0.2) is 9.97 Å². The minimum atomic E-state index is -4.58. The Balaban J connectivity index is 1.22. The Kier molecular flexibility index (Phi) is 8.94. The van der Waals surface area contributed by atoms with E-state index in [1.807, 2.05) is 69.1 Å². The van der Waals surface area contributed by atoms with Gasteiger partial charge in [-0.15, -0.1) is 0 Å². The minimum absolute atomic E-state index is 0.0499. The molecule has 1 saturated heterocycles. The number of halogens is 3. The second kappa shape index (κ2) is 13.1. The fourth-order valence-electron chi connectivity index (χ4n) is 5.79. The number of alkyl halides is 3. The molecule has 1 aliphatic heterocycles. The molecule has 0 spiro atoms. The summed E-state index contributed by atoms with van der Waals surface area (Å²) in [6.07, 6.45) is -1.09. The molecular formula is C36H36F3N7O. The van der Waals surface area contributed by atoms with Crippen LogP contribution in [0.4, 0.5) is 30.5 Å². The number of benzene rings is 3. The molecular weight excluding hydrogens is 603 g/mol. The summed E-state index contributed by atoms with van der Waals surface area (Å²) in [6, 6.07) is 17.2. The van der Waals surface area contributed by atoms with Crippen LogP contribution in [0.15, 0.2) is 73.1 Å². The van der Waals surface area contributed by atoms with Gasteiger partial charge < -0.3 is 15.5 Å². The van der Waals surface area contributed by atoms with Gasteiger partial charge in [0.1, 0.15) is 0 Å². The molecule has 2 aromatic heterocycles. The molecule has 1 aliphatic rings. The average Bonchev–Trinajstić information content (AvgIpc) is 3.04. The maximum atomic E-state index is 14.1. The summed E-state index contributed by atoms with van der Waals surface area (Å²) in [5, 5.41) is 6.84. The molecule has 3 heterocycles. The van der Waals surface area contributed by atoms with E-state index in [0.29, 0.717) is 24.7 Å². The second-order valence-electron chi connectivity index (χ2n) is 12.2. The van der Waals surface area contributed by atoms with Gasteiger partial charge in [-0.05, 0) is 104 Å². The van der Waals surface area contributed by atoms with Gasteiger partial charge in [0.05, 0.1) is 23.0 Å². The van der Waals surface area contributed by atoms with Crippen molar-refractivity contribution in [2.24, 2.45) is 0 Å². The van der Waals surface area contributed by atoms with Crippen LogP contribution < -0.4 is 10.6 Å². The van der Waals surface area contributed by atoms with Gasteiger partial charge in [0.15, 0.2) is 0 Å². The standard InChI is InChI=1S/C36H36F3N7O/c1-22-5-9-29(42-34(47)25-7-8-26(32(17-25)36(37,38)39)21-46-13-11-45(4)12-14-46)18-31(22)27-15-23(2)33-28(16-27)19-41-35(44-33)43-30-10-6-24(3)40-20-30/h5-10,15-20H,11-14,21H2,1-4H3,(H,42,47)(H,41,43,44). The molecule has 1 fully saturated rings. The first-order valence-corrected chi connectivity index (χ1v) is 15.4. The number of pyridine rings is 1. The first-order valence-electron chi connectivity index (χ1n) is 15.4. The van der Waals surface area contributed by atoms with Crippen LogP contribution in [0.3, 0.4) is 0 Å².